The van der Waals surface area contributed by atoms with Gasteiger partial charge in [-0.15, -0.1) is 0 Å². The number of thioether (sulfide) groups is 1. The van der Waals surface area contributed by atoms with E-state index in [9.17, 15) is 4.79 Å². The second-order valence-corrected chi connectivity index (χ2v) is 5.58. The molecule has 1 aromatic rings. The zero-order valence-electron chi connectivity index (χ0n) is 10.1. The minimum atomic E-state index is -0.148. The lowest BCUT2D eigenvalue weighted by atomic mass is 9.99. The molecule has 5 heteroatoms. The SMILES string of the molecule is CCSCc1noc(C2CCCCCC2=O)n1. The fourth-order valence-corrected chi connectivity index (χ4v) is 2.59. The quantitative estimate of drug-likeness (QED) is 0.773. The van der Waals surface area contributed by atoms with Gasteiger partial charge in [0.2, 0.25) is 5.89 Å². The van der Waals surface area contributed by atoms with E-state index in [1.54, 1.807) is 11.8 Å². The van der Waals surface area contributed by atoms with Crippen molar-refractivity contribution in [2.75, 3.05) is 5.75 Å². The van der Waals surface area contributed by atoms with Crippen LogP contribution in [0.2, 0.25) is 0 Å². The topological polar surface area (TPSA) is 56.0 Å². The van der Waals surface area contributed by atoms with Gasteiger partial charge < -0.3 is 4.52 Å². The Kier molecular flexibility index (Phi) is 4.59. The van der Waals surface area contributed by atoms with Gasteiger partial charge in [-0.3, -0.25) is 4.79 Å². The summed E-state index contributed by atoms with van der Waals surface area (Å²) in [6.45, 7) is 2.10. The number of rotatable bonds is 4. The van der Waals surface area contributed by atoms with E-state index in [4.69, 9.17) is 4.52 Å². The second kappa shape index (κ2) is 6.19. The number of nitrogens with zero attached hydrogens (tertiary/aromatic N) is 2. The minimum absolute atomic E-state index is 0.148. The maximum Gasteiger partial charge on any atom is 0.237 e. The average molecular weight is 254 g/mol. The smallest absolute Gasteiger partial charge is 0.237 e. The van der Waals surface area contributed by atoms with Crippen LogP contribution >= 0.6 is 11.8 Å². The van der Waals surface area contributed by atoms with E-state index < -0.39 is 0 Å². The lowest BCUT2D eigenvalue weighted by Gasteiger charge is -2.06. The first kappa shape index (κ1) is 12.6. The van der Waals surface area contributed by atoms with E-state index in [1.807, 2.05) is 0 Å². The van der Waals surface area contributed by atoms with Crippen molar-refractivity contribution in [3.63, 3.8) is 0 Å². The van der Waals surface area contributed by atoms with Gasteiger partial charge in [0, 0.05) is 6.42 Å². The Labute approximate surface area is 106 Å². The number of aromatic nitrogens is 2. The van der Waals surface area contributed by atoms with Crippen LogP contribution in [0.15, 0.2) is 4.52 Å². The Bertz CT molecular complexity index is 378. The first-order valence-electron chi connectivity index (χ1n) is 6.24. The van der Waals surface area contributed by atoms with E-state index in [0.29, 0.717) is 18.1 Å². The van der Waals surface area contributed by atoms with Gasteiger partial charge in [0.1, 0.15) is 5.78 Å². The summed E-state index contributed by atoms with van der Waals surface area (Å²) in [6, 6.07) is 0. The van der Waals surface area contributed by atoms with Crippen LogP contribution in [0, 0.1) is 0 Å². The highest BCUT2D eigenvalue weighted by molar-refractivity contribution is 7.98. The molecule has 0 aromatic carbocycles. The number of hydrogen-bond acceptors (Lipinski definition) is 5. The van der Waals surface area contributed by atoms with E-state index in [1.165, 1.54) is 0 Å². The third kappa shape index (κ3) is 3.31. The van der Waals surface area contributed by atoms with Gasteiger partial charge >= 0.3 is 0 Å². The Hall–Kier alpha value is -0.840. The summed E-state index contributed by atoms with van der Waals surface area (Å²) in [4.78, 5) is 16.2. The van der Waals surface area contributed by atoms with Crippen LogP contribution in [0.4, 0.5) is 0 Å². The summed E-state index contributed by atoms with van der Waals surface area (Å²) in [5.74, 6) is 3.16. The Balaban J connectivity index is 2.04. The van der Waals surface area contributed by atoms with Crippen molar-refractivity contribution in [2.24, 2.45) is 0 Å². The van der Waals surface area contributed by atoms with Crippen molar-refractivity contribution in [1.82, 2.24) is 10.1 Å². The van der Waals surface area contributed by atoms with E-state index in [0.717, 1.165) is 37.2 Å². The van der Waals surface area contributed by atoms with Crippen LogP contribution in [-0.2, 0) is 10.5 Å². The Morgan fingerprint density at radius 2 is 2.29 bits per heavy atom. The van der Waals surface area contributed by atoms with Crippen LogP contribution in [0.5, 0.6) is 0 Å². The molecule has 4 nitrogen and oxygen atoms in total. The zero-order valence-corrected chi connectivity index (χ0v) is 11.0. The molecule has 0 aliphatic heterocycles. The summed E-state index contributed by atoms with van der Waals surface area (Å²) in [5, 5.41) is 3.93. The predicted octanol–water partition coefficient (Wildman–Crippen LogP) is 2.94. The molecule has 1 fully saturated rings. The molecule has 17 heavy (non-hydrogen) atoms. The van der Waals surface area contributed by atoms with Crippen molar-refractivity contribution < 1.29 is 9.32 Å². The molecule has 1 aliphatic rings. The van der Waals surface area contributed by atoms with Crippen molar-refractivity contribution in [3.8, 4) is 0 Å². The second-order valence-electron chi connectivity index (χ2n) is 4.30. The minimum Gasteiger partial charge on any atom is -0.339 e. The highest BCUT2D eigenvalue weighted by atomic mass is 32.2. The third-order valence-electron chi connectivity index (χ3n) is 3.02. The molecule has 0 saturated heterocycles. The molecule has 94 valence electrons. The number of hydrogen-bond donors (Lipinski definition) is 0. The molecule has 1 aromatic heterocycles. The fourth-order valence-electron chi connectivity index (χ4n) is 2.08. The Morgan fingerprint density at radius 1 is 1.41 bits per heavy atom. The average Bonchev–Trinajstić information content (AvgIpc) is 2.69. The summed E-state index contributed by atoms with van der Waals surface area (Å²) < 4.78 is 5.23. The highest BCUT2D eigenvalue weighted by Crippen LogP contribution is 2.28. The summed E-state index contributed by atoms with van der Waals surface area (Å²) >= 11 is 1.76. The van der Waals surface area contributed by atoms with Gasteiger partial charge in [-0.25, -0.2) is 0 Å². The molecular weight excluding hydrogens is 236 g/mol. The summed E-state index contributed by atoms with van der Waals surface area (Å²) in [5.41, 5.74) is 0. The monoisotopic (exact) mass is 254 g/mol. The van der Waals surface area contributed by atoms with Gasteiger partial charge in [0.25, 0.3) is 0 Å². The molecule has 1 atom stereocenters. The molecule has 0 amide bonds. The molecule has 2 rings (SSSR count). The number of Topliss-reactive ketones (excluding diaryl/α,β-unsaturated/α-hetero) is 1. The number of ketones is 1. The lowest BCUT2D eigenvalue weighted by Crippen LogP contribution is -2.10. The van der Waals surface area contributed by atoms with Crippen LogP contribution in [-0.4, -0.2) is 21.7 Å². The molecule has 1 unspecified atom stereocenters. The fraction of sp³-hybridized carbons (Fsp3) is 0.750. The first-order valence-corrected chi connectivity index (χ1v) is 7.39. The van der Waals surface area contributed by atoms with E-state index in [-0.39, 0.29) is 11.7 Å². The van der Waals surface area contributed by atoms with Gasteiger partial charge in [-0.2, -0.15) is 16.7 Å². The largest absolute Gasteiger partial charge is 0.339 e. The van der Waals surface area contributed by atoms with Crippen LogP contribution < -0.4 is 0 Å². The molecule has 0 spiro atoms. The van der Waals surface area contributed by atoms with Gasteiger partial charge in [0.15, 0.2) is 5.82 Å². The van der Waals surface area contributed by atoms with Crippen LogP contribution in [0.1, 0.15) is 56.7 Å². The molecular formula is C12H18N2O2S. The molecule has 0 radical (unpaired) electrons. The first-order chi connectivity index (χ1) is 8.31. The molecule has 0 N–H and O–H groups in total. The molecule has 1 aliphatic carbocycles. The summed E-state index contributed by atoms with van der Waals surface area (Å²) in [6.07, 6.45) is 4.74. The molecule has 0 bridgehead atoms. The van der Waals surface area contributed by atoms with E-state index in [2.05, 4.69) is 17.1 Å². The number of carbonyl (C=O) groups is 1. The highest BCUT2D eigenvalue weighted by Gasteiger charge is 2.27. The standard InChI is InChI=1S/C12H18N2O2S/c1-2-17-8-11-13-12(16-14-11)9-6-4-3-5-7-10(9)15/h9H,2-8H2,1H3. The normalized spacial score (nSPS) is 21.5. The maximum atomic E-state index is 11.9. The lowest BCUT2D eigenvalue weighted by molar-refractivity contribution is -0.120. The third-order valence-corrected chi connectivity index (χ3v) is 3.89. The predicted molar refractivity (Wildman–Crippen MR) is 67.0 cm³/mol. The number of carbonyl (C=O) groups excluding carboxylic acids is 1. The van der Waals surface area contributed by atoms with Crippen molar-refractivity contribution in [2.45, 2.75) is 50.7 Å². The summed E-state index contributed by atoms with van der Waals surface area (Å²) in [7, 11) is 0. The van der Waals surface area contributed by atoms with Crippen LogP contribution in [0.25, 0.3) is 0 Å². The molecule has 1 heterocycles. The Morgan fingerprint density at radius 3 is 3.12 bits per heavy atom. The van der Waals surface area contributed by atoms with Gasteiger partial charge in [-0.05, 0) is 18.6 Å². The van der Waals surface area contributed by atoms with Crippen molar-refractivity contribution >= 4 is 17.5 Å². The molecule has 1 saturated carbocycles. The van der Waals surface area contributed by atoms with Crippen LogP contribution in [0.3, 0.4) is 0 Å². The van der Waals surface area contributed by atoms with Crippen molar-refractivity contribution in [1.29, 1.82) is 0 Å². The van der Waals surface area contributed by atoms with E-state index >= 15 is 0 Å². The zero-order chi connectivity index (χ0) is 12.1. The van der Waals surface area contributed by atoms with Crippen molar-refractivity contribution in [3.05, 3.63) is 11.7 Å². The van der Waals surface area contributed by atoms with Gasteiger partial charge in [-0.1, -0.05) is 24.9 Å². The van der Waals surface area contributed by atoms with Gasteiger partial charge in [0.05, 0.1) is 11.7 Å². The maximum absolute atomic E-state index is 11.9.